The van der Waals surface area contributed by atoms with E-state index in [1.165, 1.54) is 7.11 Å². The van der Waals surface area contributed by atoms with Gasteiger partial charge in [-0.2, -0.15) is 0 Å². The molecule has 2 aromatic carbocycles. The lowest BCUT2D eigenvalue weighted by molar-refractivity contribution is -0.140. The van der Waals surface area contributed by atoms with E-state index in [1.54, 1.807) is 6.92 Å². The molecule has 1 heterocycles. The van der Waals surface area contributed by atoms with Crippen LogP contribution in [0, 0.1) is 6.92 Å². The number of carbonyl (C=O) groups excluding carboxylic acids is 3. The first kappa shape index (κ1) is 19.4. The van der Waals surface area contributed by atoms with Crippen LogP contribution in [-0.2, 0) is 19.1 Å². The minimum atomic E-state index is -0.692. The molecule has 0 aliphatic heterocycles. The Hall–Kier alpha value is -3.35. The number of esters is 2. The number of methoxy groups -OCH3 is 1. The van der Waals surface area contributed by atoms with Crippen LogP contribution in [0.4, 0.5) is 0 Å². The van der Waals surface area contributed by atoms with Crippen LogP contribution in [0.5, 0.6) is 0 Å². The van der Waals surface area contributed by atoms with Crippen molar-refractivity contribution in [3.05, 3.63) is 47.7 Å². The number of benzene rings is 2. The van der Waals surface area contributed by atoms with Gasteiger partial charge in [-0.05, 0) is 18.7 Å². The van der Waals surface area contributed by atoms with Crippen molar-refractivity contribution in [2.24, 2.45) is 0 Å². The Bertz CT molecular complexity index is 1040. The number of ether oxygens (including phenoxy) is 2. The Balaban J connectivity index is 1.62. The van der Waals surface area contributed by atoms with Gasteiger partial charge in [0.15, 0.2) is 6.61 Å². The van der Waals surface area contributed by atoms with Crippen molar-refractivity contribution in [3.8, 4) is 0 Å². The van der Waals surface area contributed by atoms with E-state index in [1.807, 2.05) is 36.4 Å². The van der Waals surface area contributed by atoms with E-state index in [9.17, 15) is 14.4 Å². The molecule has 146 valence electrons. The fourth-order valence-corrected chi connectivity index (χ4v) is 2.95. The smallest absolute Gasteiger partial charge is 0.375 e. The van der Waals surface area contributed by atoms with Crippen molar-refractivity contribution < 1.29 is 28.3 Å². The van der Waals surface area contributed by atoms with Gasteiger partial charge < -0.3 is 19.2 Å². The standard InChI is InChI=1S/C21H21NO6/c1-13-15-10-9-14-6-3-4-7-16(14)20(15)28-19(13)21(25)27-12-17(23)22-11-5-8-18(24)26-2/h3-4,6-7,9-10H,5,8,11-12H2,1-2H3,(H,22,23). The van der Waals surface area contributed by atoms with Crippen LogP contribution in [0.2, 0.25) is 0 Å². The van der Waals surface area contributed by atoms with Crippen molar-refractivity contribution in [2.45, 2.75) is 19.8 Å². The third-order valence-corrected chi connectivity index (χ3v) is 4.46. The quantitative estimate of drug-likeness (QED) is 0.498. The van der Waals surface area contributed by atoms with Gasteiger partial charge in [0.2, 0.25) is 5.76 Å². The number of fused-ring (bicyclic) bond motifs is 3. The van der Waals surface area contributed by atoms with E-state index in [4.69, 9.17) is 9.15 Å². The number of furan rings is 1. The molecule has 7 heteroatoms. The Labute approximate surface area is 161 Å². The minimum Gasteiger partial charge on any atom is -0.469 e. The summed E-state index contributed by atoms with van der Waals surface area (Å²) < 4.78 is 15.4. The average molecular weight is 383 g/mol. The number of carbonyl (C=O) groups is 3. The summed E-state index contributed by atoms with van der Waals surface area (Å²) in [5, 5.41) is 5.33. The zero-order chi connectivity index (χ0) is 20.1. The lowest BCUT2D eigenvalue weighted by Crippen LogP contribution is -2.30. The molecule has 3 aromatic rings. The molecule has 0 saturated heterocycles. The largest absolute Gasteiger partial charge is 0.469 e. The van der Waals surface area contributed by atoms with E-state index < -0.39 is 18.5 Å². The molecule has 0 atom stereocenters. The molecule has 7 nitrogen and oxygen atoms in total. The van der Waals surface area contributed by atoms with Gasteiger partial charge in [0.25, 0.3) is 5.91 Å². The molecule has 1 aromatic heterocycles. The summed E-state index contributed by atoms with van der Waals surface area (Å²) in [4.78, 5) is 35.2. The number of hydrogen-bond acceptors (Lipinski definition) is 6. The first-order valence-corrected chi connectivity index (χ1v) is 8.92. The fourth-order valence-electron chi connectivity index (χ4n) is 2.95. The number of aryl methyl sites for hydroxylation is 1. The van der Waals surface area contributed by atoms with Gasteiger partial charge in [-0.25, -0.2) is 4.79 Å². The summed E-state index contributed by atoms with van der Waals surface area (Å²) in [6, 6.07) is 11.6. The molecule has 1 amide bonds. The molecule has 0 unspecified atom stereocenters. The normalized spacial score (nSPS) is 10.8. The molecule has 0 bridgehead atoms. The van der Waals surface area contributed by atoms with Crippen molar-refractivity contribution in [3.63, 3.8) is 0 Å². The van der Waals surface area contributed by atoms with Gasteiger partial charge in [0.1, 0.15) is 5.58 Å². The Morgan fingerprint density at radius 1 is 1.07 bits per heavy atom. The van der Waals surface area contributed by atoms with E-state index in [0.29, 0.717) is 24.1 Å². The fraction of sp³-hybridized carbons (Fsp3) is 0.286. The average Bonchev–Trinajstić information content (AvgIpc) is 3.06. The summed E-state index contributed by atoms with van der Waals surface area (Å²) in [6.45, 7) is 1.65. The minimum absolute atomic E-state index is 0.0878. The van der Waals surface area contributed by atoms with E-state index in [2.05, 4.69) is 10.1 Å². The van der Waals surface area contributed by atoms with E-state index in [0.717, 1.165) is 16.2 Å². The maximum atomic E-state index is 12.4. The SMILES string of the molecule is COC(=O)CCCNC(=O)COC(=O)c1oc2c(ccc3ccccc32)c1C. The van der Waals surface area contributed by atoms with Gasteiger partial charge >= 0.3 is 11.9 Å². The molecule has 0 radical (unpaired) electrons. The Morgan fingerprint density at radius 2 is 1.86 bits per heavy atom. The van der Waals surface area contributed by atoms with Crippen molar-refractivity contribution in [1.29, 1.82) is 0 Å². The number of hydrogen-bond donors (Lipinski definition) is 1. The van der Waals surface area contributed by atoms with Gasteiger partial charge in [-0.1, -0.05) is 36.4 Å². The van der Waals surface area contributed by atoms with Crippen molar-refractivity contribution >= 4 is 39.6 Å². The molecular weight excluding hydrogens is 362 g/mol. The zero-order valence-electron chi connectivity index (χ0n) is 15.7. The second kappa shape index (κ2) is 8.56. The molecular formula is C21H21NO6. The first-order valence-electron chi connectivity index (χ1n) is 8.92. The lowest BCUT2D eigenvalue weighted by atomic mass is 10.1. The third kappa shape index (κ3) is 4.14. The highest BCUT2D eigenvalue weighted by molar-refractivity contribution is 6.08. The van der Waals surface area contributed by atoms with E-state index in [-0.39, 0.29) is 18.2 Å². The third-order valence-electron chi connectivity index (χ3n) is 4.46. The van der Waals surface area contributed by atoms with Gasteiger partial charge in [0, 0.05) is 29.3 Å². The topological polar surface area (TPSA) is 94.8 Å². The Morgan fingerprint density at radius 3 is 2.64 bits per heavy atom. The van der Waals surface area contributed by atoms with Crippen LogP contribution in [0.1, 0.15) is 29.0 Å². The molecule has 28 heavy (non-hydrogen) atoms. The van der Waals surface area contributed by atoms with Crippen LogP contribution in [0.15, 0.2) is 40.8 Å². The maximum Gasteiger partial charge on any atom is 0.375 e. The molecule has 0 aliphatic carbocycles. The summed E-state index contributed by atoms with van der Waals surface area (Å²) in [7, 11) is 1.31. The Kier molecular flexibility index (Phi) is 5.93. The van der Waals surface area contributed by atoms with Crippen molar-refractivity contribution in [1.82, 2.24) is 5.32 Å². The molecule has 0 saturated carbocycles. The molecule has 0 aliphatic rings. The van der Waals surface area contributed by atoms with Crippen LogP contribution in [-0.4, -0.2) is 38.1 Å². The summed E-state index contributed by atoms with van der Waals surface area (Å²) in [6.07, 6.45) is 0.658. The predicted molar refractivity (Wildman–Crippen MR) is 103 cm³/mol. The number of amides is 1. The number of nitrogens with one attached hydrogen (secondary N) is 1. The monoisotopic (exact) mass is 383 g/mol. The zero-order valence-corrected chi connectivity index (χ0v) is 15.7. The van der Waals surface area contributed by atoms with Gasteiger partial charge in [-0.3, -0.25) is 9.59 Å². The number of rotatable bonds is 7. The van der Waals surface area contributed by atoms with Gasteiger partial charge in [0.05, 0.1) is 7.11 Å². The van der Waals surface area contributed by atoms with Crippen LogP contribution in [0.3, 0.4) is 0 Å². The summed E-state index contributed by atoms with van der Waals surface area (Å²) >= 11 is 0. The highest BCUT2D eigenvalue weighted by Crippen LogP contribution is 2.31. The summed E-state index contributed by atoms with van der Waals surface area (Å²) in [5.41, 5.74) is 1.29. The maximum absolute atomic E-state index is 12.4. The molecule has 1 N–H and O–H groups in total. The van der Waals surface area contributed by atoms with Crippen molar-refractivity contribution in [2.75, 3.05) is 20.3 Å². The first-order chi connectivity index (χ1) is 13.5. The van der Waals surface area contributed by atoms with Crippen LogP contribution in [0.25, 0.3) is 21.7 Å². The highest BCUT2D eigenvalue weighted by Gasteiger charge is 2.21. The highest BCUT2D eigenvalue weighted by atomic mass is 16.5. The molecule has 0 spiro atoms. The molecule has 3 rings (SSSR count). The summed E-state index contributed by atoms with van der Waals surface area (Å²) in [5.74, 6) is -1.39. The van der Waals surface area contributed by atoms with E-state index >= 15 is 0 Å². The predicted octanol–water partition coefficient (Wildman–Crippen LogP) is 3.12. The second-order valence-electron chi connectivity index (χ2n) is 6.33. The lowest BCUT2D eigenvalue weighted by Gasteiger charge is -2.05. The van der Waals surface area contributed by atoms with Gasteiger partial charge in [-0.15, -0.1) is 0 Å². The molecule has 0 fully saturated rings. The second-order valence-corrected chi connectivity index (χ2v) is 6.33. The van der Waals surface area contributed by atoms with Crippen LogP contribution < -0.4 is 5.32 Å². The van der Waals surface area contributed by atoms with Crippen LogP contribution >= 0.6 is 0 Å².